The van der Waals surface area contributed by atoms with Gasteiger partial charge in [-0.15, -0.1) is 0 Å². The third kappa shape index (κ3) is 3.41. The third-order valence-electron chi connectivity index (χ3n) is 2.59. The molecule has 2 aromatic rings. The standard InChI is InChI=1S/C13H10BrF2NO2S/c14-11-6-5-10(15)7-9(11)8-17-20(18,19)13-4-2-1-3-12(13)16/h1-7,17H,8H2. The number of rotatable bonds is 4. The Balaban J connectivity index is 2.22. The highest BCUT2D eigenvalue weighted by atomic mass is 79.9. The minimum atomic E-state index is -3.99. The van der Waals surface area contributed by atoms with Crippen LogP contribution < -0.4 is 4.72 Å². The number of benzene rings is 2. The van der Waals surface area contributed by atoms with Gasteiger partial charge >= 0.3 is 0 Å². The molecule has 0 fully saturated rings. The lowest BCUT2D eigenvalue weighted by atomic mass is 10.2. The molecule has 20 heavy (non-hydrogen) atoms. The molecule has 0 heterocycles. The molecule has 0 amide bonds. The second kappa shape index (κ2) is 5.99. The van der Waals surface area contributed by atoms with Crippen molar-refractivity contribution in [2.24, 2.45) is 0 Å². The zero-order valence-electron chi connectivity index (χ0n) is 10.1. The van der Waals surface area contributed by atoms with E-state index in [4.69, 9.17) is 0 Å². The predicted octanol–water partition coefficient (Wildman–Crippen LogP) is 3.21. The fourth-order valence-electron chi connectivity index (χ4n) is 1.59. The first kappa shape index (κ1) is 15.1. The molecule has 0 aliphatic carbocycles. The average molecular weight is 362 g/mol. The lowest BCUT2D eigenvalue weighted by Gasteiger charge is -2.09. The van der Waals surface area contributed by atoms with Crippen LogP contribution in [0, 0.1) is 11.6 Å². The summed E-state index contributed by atoms with van der Waals surface area (Å²) in [5, 5.41) is 0. The van der Waals surface area contributed by atoms with Crippen LogP contribution in [0.25, 0.3) is 0 Å². The second-order valence-electron chi connectivity index (χ2n) is 3.99. The molecule has 3 nitrogen and oxygen atoms in total. The van der Waals surface area contributed by atoms with Crippen LogP contribution in [-0.2, 0) is 16.6 Å². The highest BCUT2D eigenvalue weighted by Gasteiger charge is 2.18. The summed E-state index contributed by atoms with van der Waals surface area (Å²) in [5.41, 5.74) is 0.421. The maximum absolute atomic E-state index is 13.5. The molecule has 0 saturated carbocycles. The van der Waals surface area contributed by atoms with E-state index in [0.29, 0.717) is 10.0 Å². The largest absolute Gasteiger partial charge is 0.243 e. The number of sulfonamides is 1. The minimum absolute atomic E-state index is 0.144. The maximum Gasteiger partial charge on any atom is 0.243 e. The molecule has 106 valence electrons. The Labute approximate surface area is 123 Å². The van der Waals surface area contributed by atoms with Crippen molar-refractivity contribution in [1.82, 2.24) is 4.72 Å². The van der Waals surface area contributed by atoms with Crippen LogP contribution in [0.5, 0.6) is 0 Å². The van der Waals surface area contributed by atoms with Gasteiger partial charge in [-0.3, -0.25) is 0 Å². The van der Waals surface area contributed by atoms with E-state index in [-0.39, 0.29) is 6.54 Å². The predicted molar refractivity (Wildman–Crippen MR) is 74.5 cm³/mol. The smallest absolute Gasteiger partial charge is 0.207 e. The van der Waals surface area contributed by atoms with Gasteiger partial charge in [-0.2, -0.15) is 0 Å². The topological polar surface area (TPSA) is 46.2 Å². The van der Waals surface area contributed by atoms with E-state index in [1.54, 1.807) is 0 Å². The summed E-state index contributed by atoms with van der Waals surface area (Å²) in [6, 6.07) is 8.98. The molecule has 0 radical (unpaired) electrons. The highest BCUT2D eigenvalue weighted by Crippen LogP contribution is 2.19. The lowest BCUT2D eigenvalue weighted by molar-refractivity contribution is 0.556. The number of halogens is 3. The van der Waals surface area contributed by atoms with Gasteiger partial charge in [-0.25, -0.2) is 21.9 Å². The summed E-state index contributed by atoms with van der Waals surface area (Å²) in [5.74, 6) is -1.31. The van der Waals surface area contributed by atoms with E-state index in [2.05, 4.69) is 20.7 Å². The van der Waals surface area contributed by atoms with Crippen LogP contribution in [0.3, 0.4) is 0 Å². The molecule has 1 N–H and O–H groups in total. The van der Waals surface area contributed by atoms with Crippen molar-refractivity contribution in [2.45, 2.75) is 11.4 Å². The Kier molecular flexibility index (Phi) is 4.52. The van der Waals surface area contributed by atoms with Crippen molar-refractivity contribution < 1.29 is 17.2 Å². The van der Waals surface area contributed by atoms with Crippen LogP contribution in [0.4, 0.5) is 8.78 Å². The SMILES string of the molecule is O=S(=O)(NCc1cc(F)ccc1Br)c1ccccc1F. The summed E-state index contributed by atoms with van der Waals surface area (Å²) in [4.78, 5) is -0.437. The zero-order valence-corrected chi connectivity index (χ0v) is 12.5. The first-order valence-corrected chi connectivity index (χ1v) is 7.86. The quantitative estimate of drug-likeness (QED) is 0.908. The second-order valence-corrected chi connectivity index (χ2v) is 6.58. The normalized spacial score (nSPS) is 11.6. The van der Waals surface area contributed by atoms with E-state index in [1.165, 1.54) is 30.3 Å². The Morgan fingerprint density at radius 1 is 1.10 bits per heavy atom. The highest BCUT2D eigenvalue weighted by molar-refractivity contribution is 9.10. The maximum atomic E-state index is 13.5. The van der Waals surface area contributed by atoms with Crippen LogP contribution in [0.1, 0.15) is 5.56 Å². The van der Waals surface area contributed by atoms with Crippen LogP contribution >= 0.6 is 15.9 Å². The first-order valence-electron chi connectivity index (χ1n) is 5.58. The summed E-state index contributed by atoms with van der Waals surface area (Å²) < 4.78 is 53.3. The molecular formula is C13H10BrF2NO2S. The van der Waals surface area contributed by atoms with Gasteiger partial charge in [0.2, 0.25) is 10.0 Å². The van der Waals surface area contributed by atoms with E-state index in [1.807, 2.05) is 0 Å². The Morgan fingerprint density at radius 2 is 1.80 bits per heavy atom. The molecule has 2 aromatic carbocycles. The molecule has 0 aliphatic rings. The van der Waals surface area contributed by atoms with Gasteiger partial charge in [-0.05, 0) is 35.9 Å². The van der Waals surface area contributed by atoms with Crippen molar-refractivity contribution in [2.75, 3.05) is 0 Å². The molecule has 0 aromatic heterocycles. The first-order chi connectivity index (χ1) is 9.40. The zero-order chi connectivity index (χ0) is 14.8. The molecule has 0 saturated heterocycles. The van der Waals surface area contributed by atoms with Crippen LogP contribution in [-0.4, -0.2) is 8.42 Å². The number of nitrogens with one attached hydrogen (secondary N) is 1. The van der Waals surface area contributed by atoms with Crippen molar-refractivity contribution >= 4 is 26.0 Å². The number of hydrogen-bond donors (Lipinski definition) is 1. The van der Waals surface area contributed by atoms with Crippen molar-refractivity contribution in [3.8, 4) is 0 Å². The fraction of sp³-hybridized carbons (Fsp3) is 0.0769. The van der Waals surface area contributed by atoms with Gasteiger partial charge in [-0.1, -0.05) is 28.1 Å². The molecule has 0 spiro atoms. The van der Waals surface area contributed by atoms with E-state index in [0.717, 1.165) is 12.1 Å². The molecular weight excluding hydrogens is 352 g/mol. The average Bonchev–Trinajstić information content (AvgIpc) is 2.40. The van der Waals surface area contributed by atoms with E-state index < -0.39 is 26.6 Å². The van der Waals surface area contributed by atoms with Gasteiger partial charge in [0.05, 0.1) is 0 Å². The van der Waals surface area contributed by atoms with Crippen LogP contribution in [0.15, 0.2) is 51.8 Å². The molecule has 0 bridgehead atoms. The number of hydrogen-bond acceptors (Lipinski definition) is 2. The molecule has 0 aliphatic heterocycles. The minimum Gasteiger partial charge on any atom is -0.207 e. The van der Waals surface area contributed by atoms with Crippen LogP contribution in [0.2, 0.25) is 0 Å². The van der Waals surface area contributed by atoms with Crippen molar-refractivity contribution in [3.63, 3.8) is 0 Å². The monoisotopic (exact) mass is 361 g/mol. The molecule has 0 unspecified atom stereocenters. The Hall–Kier alpha value is -1.31. The van der Waals surface area contributed by atoms with Crippen molar-refractivity contribution in [1.29, 1.82) is 0 Å². The Bertz CT molecular complexity index is 735. The summed E-state index contributed by atoms with van der Waals surface area (Å²) in [6.07, 6.45) is 0. The molecule has 7 heteroatoms. The van der Waals surface area contributed by atoms with E-state index >= 15 is 0 Å². The lowest BCUT2D eigenvalue weighted by Crippen LogP contribution is -2.24. The van der Waals surface area contributed by atoms with E-state index in [9.17, 15) is 17.2 Å². The van der Waals surface area contributed by atoms with Gasteiger partial charge in [0.25, 0.3) is 0 Å². The Morgan fingerprint density at radius 3 is 2.50 bits per heavy atom. The van der Waals surface area contributed by atoms with Gasteiger partial charge in [0.15, 0.2) is 0 Å². The molecule has 2 rings (SSSR count). The third-order valence-corrected chi connectivity index (χ3v) is 4.79. The summed E-state index contributed by atoms with van der Waals surface area (Å²) >= 11 is 3.19. The van der Waals surface area contributed by atoms with Crippen molar-refractivity contribution in [3.05, 3.63) is 64.1 Å². The summed E-state index contributed by atoms with van der Waals surface area (Å²) in [7, 11) is -3.99. The van der Waals surface area contributed by atoms with Gasteiger partial charge < -0.3 is 0 Å². The molecule has 0 atom stereocenters. The summed E-state index contributed by atoms with van der Waals surface area (Å²) in [6.45, 7) is -0.144. The fourth-order valence-corrected chi connectivity index (χ4v) is 3.06. The van der Waals surface area contributed by atoms with Gasteiger partial charge in [0.1, 0.15) is 16.5 Å². The van der Waals surface area contributed by atoms with Gasteiger partial charge in [0, 0.05) is 11.0 Å².